The van der Waals surface area contributed by atoms with Crippen molar-refractivity contribution in [2.45, 2.75) is 18.9 Å². The van der Waals surface area contributed by atoms with E-state index in [0.717, 1.165) is 5.56 Å². The van der Waals surface area contributed by atoms with Gasteiger partial charge in [0.05, 0.1) is 11.7 Å². The van der Waals surface area contributed by atoms with E-state index >= 15 is 0 Å². The highest BCUT2D eigenvalue weighted by Crippen LogP contribution is 2.27. The van der Waals surface area contributed by atoms with Crippen LogP contribution in [-0.2, 0) is 6.42 Å². The van der Waals surface area contributed by atoms with Gasteiger partial charge >= 0.3 is 0 Å². The van der Waals surface area contributed by atoms with Gasteiger partial charge < -0.3 is 14.9 Å². The van der Waals surface area contributed by atoms with E-state index in [2.05, 4.69) is 0 Å². The molecule has 4 heteroatoms. The van der Waals surface area contributed by atoms with Gasteiger partial charge in [-0.05, 0) is 42.7 Å². The Hall–Kier alpha value is -2.95. The quantitative estimate of drug-likeness (QED) is 0.595. The number of aliphatic hydroxyl groups is 2. The van der Waals surface area contributed by atoms with Crippen molar-refractivity contribution in [3.63, 3.8) is 0 Å². The number of para-hydroxylation sites is 1. The fraction of sp³-hybridized carbons (Fsp3) is 0.174. The number of hydrogen-bond acceptors (Lipinski definition) is 4. The summed E-state index contributed by atoms with van der Waals surface area (Å²) < 4.78 is 5.94. The lowest BCUT2D eigenvalue weighted by atomic mass is 10.0. The monoisotopic (exact) mass is 362 g/mol. The molecule has 27 heavy (non-hydrogen) atoms. The standard InChI is InChI=1S/C23H22O4/c24-15-14-19(25)16-17-10-12-20(13-11-17)27-22-9-5-4-8-21(22)23(26)18-6-2-1-3-7-18/h1-13,19,24-25H,14-16H2. The topological polar surface area (TPSA) is 66.8 Å². The summed E-state index contributed by atoms with van der Waals surface area (Å²) >= 11 is 0. The third kappa shape index (κ3) is 5.03. The molecule has 2 N–H and O–H groups in total. The maximum Gasteiger partial charge on any atom is 0.196 e. The Balaban J connectivity index is 1.76. The molecule has 0 amide bonds. The van der Waals surface area contributed by atoms with Crippen molar-refractivity contribution < 1.29 is 19.7 Å². The van der Waals surface area contributed by atoms with Gasteiger partial charge in [0.2, 0.25) is 0 Å². The minimum Gasteiger partial charge on any atom is -0.457 e. The number of carbonyl (C=O) groups is 1. The predicted octanol–water partition coefficient (Wildman–Crippen LogP) is 4.00. The van der Waals surface area contributed by atoms with Crippen LogP contribution in [0.4, 0.5) is 0 Å². The van der Waals surface area contributed by atoms with Crippen molar-refractivity contribution in [1.82, 2.24) is 0 Å². The fourth-order valence-electron chi connectivity index (χ4n) is 2.83. The van der Waals surface area contributed by atoms with Gasteiger partial charge in [-0.25, -0.2) is 0 Å². The van der Waals surface area contributed by atoms with E-state index in [1.54, 1.807) is 24.3 Å². The van der Waals surface area contributed by atoms with Gasteiger partial charge in [-0.2, -0.15) is 0 Å². The zero-order valence-electron chi connectivity index (χ0n) is 14.9. The van der Waals surface area contributed by atoms with Crippen molar-refractivity contribution in [2.24, 2.45) is 0 Å². The average molecular weight is 362 g/mol. The largest absolute Gasteiger partial charge is 0.457 e. The van der Waals surface area contributed by atoms with Crippen LogP contribution in [0, 0.1) is 0 Å². The second-order valence-corrected chi connectivity index (χ2v) is 6.31. The minimum absolute atomic E-state index is 0.0331. The highest BCUT2D eigenvalue weighted by molar-refractivity contribution is 6.10. The number of ether oxygens (including phenoxy) is 1. The molecule has 3 aromatic rings. The van der Waals surface area contributed by atoms with Gasteiger partial charge in [0.25, 0.3) is 0 Å². The van der Waals surface area contributed by atoms with E-state index in [1.807, 2.05) is 54.6 Å². The van der Waals surface area contributed by atoms with E-state index in [9.17, 15) is 9.90 Å². The Kier molecular flexibility index (Phi) is 6.36. The van der Waals surface area contributed by atoms with Crippen molar-refractivity contribution in [1.29, 1.82) is 0 Å². The summed E-state index contributed by atoms with van der Waals surface area (Å²) in [6.45, 7) is -0.0331. The summed E-state index contributed by atoms with van der Waals surface area (Å²) in [5, 5.41) is 18.7. The van der Waals surface area contributed by atoms with E-state index in [-0.39, 0.29) is 12.4 Å². The lowest BCUT2D eigenvalue weighted by molar-refractivity contribution is 0.103. The predicted molar refractivity (Wildman–Crippen MR) is 104 cm³/mol. The number of carbonyl (C=O) groups excluding carboxylic acids is 1. The van der Waals surface area contributed by atoms with Crippen LogP contribution in [0.2, 0.25) is 0 Å². The van der Waals surface area contributed by atoms with Crippen LogP contribution in [0.5, 0.6) is 11.5 Å². The van der Waals surface area contributed by atoms with Crippen LogP contribution in [0.3, 0.4) is 0 Å². The molecule has 0 aliphatic rings. The van der Waals surface area contributed by atoms with Gasteiger partial charge in [0, 0.05) is 12.2 Å². The summed E-state index contributed by atoms with van der Waals surface area (Å²) in [5.41, 5.74) is 2.07. The Bertz CT molecular complexity index is 872. The van der Waals surface area contributed by atoms with Crippen LogP contribution in [0.25, 0.3) is 0 Å². The van der Waals surface area contributed by atoms with E-state index < -0.39 is 6.10 Å². The molecule has 0 saturated heterocycles. The van der Waals surface area contributed by atoms with Crippen molar-refractivity contribution >= 4 is 5.78 Å². The molecule has 0 fully saturated rings. The first-order valence-corrected chi connectivity index (χ1v) is 8.92. The van der Waals surface area contributed by atoms with Crippen molar-refractivity contribution in [2.75, 3.05) is 6.61 Å². The Labute approximate surface area is 158 Å². The lowest BCUT2D eigenvalue weighted by Gasteiger charge is -2.12. The number of aliphatic hydroxyl groups excluding tert-OH is 2. The molecule has 0 aromatic heterocycles. The number of hydrogen-bond donors (Lipinski definition) is 2. The van der Waals surface area contributed by atoms with Crippen molar-refractivity contribution in [3.8, 4) is 11.5 Å². The summed E-state index contributed by atoms with van der Waals surface area (Å²) in [7, 11) is 0. The highest BCUT2D eigenvalue weighted by Gasteiger charge is 2.14. The van der Waals surface area contributed by atoms with Crippen LogP contribution in [0.1, 0.15) is 27.9 Å². The number of ketones is 1. The molecular formula is C23H22O4. The molecule has 0 radical (unpaired) electrons. The smallest absolute Gasteiger partial charge is 0.196 e. The van der Waals surface area contributed by atoms with Gasteiger partial charge in [0.1, 0.15) is 11.5 Å². The average Bonchev–Trinajstić information content (AvgIpc) is 2.70. The summed E-state index contributed by atoms with van der Waals surface area (Å²) in [6, 6.07) is 23.6. The Morgan fingerprint density at radius 3 is 2.26 bits per heavy atom. The third-order valence-electron chi connectivity index (χ3n) is 4.25. The lowest BCUT2D eigenvalue weighted by Crippen LogP contribution is -2.12. The first-order valence-electron chi connectivity index (χ1n) is 8.92. The first-order chi connectivity index (χ1) is 13.2. The first kappa shape index (κ1) is 18.8. The van der Waals surface area contributed by atoms with Gasteiger partial charge in [0.15, 0.2) is 5.78 Å². The zero-order valence-corrected chi connectivity index (χ0v) is 14.9. The van der Waals surface area contributed by atoms with Crippen LogP contribution >= 0.6 is 0 Å². The molecule has 0 spiro atoms. The second kappa shape index (κ2) is 9.12. The second-order valence-electron chi connectivity index (χ2n) is 6.31. The molecule has 3 rings (SSSR count). The van der Waals surface area contributed by atoms with Crippen LogP contribution < -0.4 is 4.74 Å². The molecular weight excluding hydrogens is 340 g/mol. The maximum atomic E-state index is 12.8. The highest BCUT2D eigenvalue weighted by atomic mass is 16.5. The SMILES string of the molecule is O=C(c1ccccc1)c1ccccc1Oc1ccc(CC(O)CCO)cc1. The molecule has 0 saturated carbocycles. The van der Waals surface area contributed by atoms with Gasteiger partial charge in [-0.1, -0.05) is 54.6 Å². The molecule has 3 aromatic carbocycles. The van der Waals surface area contributed by atoms with Crippen LogP contribution in [-0.4, -0.2) is 28.7 Å². The van der Waals surface area contributed by atoms with Crippen LogP contribution in [0.15, 0.2) is 78.9 Å². The summed E-state index contributed by atoms with van der Waals surface area (Å²) in [6.07, 6.45) is 0.267. The fourth-order valence-corrected chi connectivity index (χ4v) is 2.83. The zero-order chi connectivity index (χ0) is 19.1. The molecule has 4 nitrogen and oxygen atoms in total. The summed E-state index contributed by atoms with van der Waals surface area (Å²) in [4.78, 5) is 12.8. The number of rotatable bonds is 8. The molecule has 138 valence electrons. The molecule has 1 atom stereocenters. The Morgan fingerprint density at radius 1 is 0.889 bits per heavy atom. The molecule has 0 heterocycles. The molecule has 0 aliphatic heterocycles. The number of benzene rings is 3. The van der Waals surface area contributed by atoms with Gasteiger partial charge in [-0.3, -0.25) is 4.79 Å². The summed E-state index contributed by atoms with van der Waals surface area (Å²) in [5.74, 6) is 1.03. The van der Waals surface area contributed by atoms with E-state index in [1.165, 1.54) is 0 Å². The Morgan fingerprint density at radius 2 is 1.56 bits per heavy atom. The normalized spacial score (nSPS) is 11.8. The van der Waals surface area contributed by atoms with E-state index in [0.29, 0.717) is 35.5 Å². The van der Waals surface area contributed by atoms with Gasteiger partial charge in [-0.15, -0.1) is 0 Å². The molecule has 1 unspecified atom stereocenters. The van der Waals surface area contributed by atoms with Crippen molar-refractivity contribution in [3.05, 3.63) is 95.6 Å². The molecule has 0 bridgehead atoms. The molecule has 0 aliphatic carbocycles. The maximum absolute atomic E-state index is 12.8. The van der Waals surface area contributed by atoms with E-state index in [4.69, 9.17) is 9.84 Å². The minimum atomic E-state index is -0.564. The third-order valence-corrected chi connectivity index (χ3v) is 4.25.